The third-order valence-corrected chi connectivity index (χ3v) is 2.05. The summed E-state index contributed by atoms with van der Waals surface area (Å²) in [6, 6.07) is 1.64. The fourth-order valence-corrected chi connectivity index (χ4v) is 1.38. The molecule has 4 heteroatoms. The molecule has 1 heterocycles. The van der Waals surface area contributed by atoms with Gasteiger partial charge in [-0.2, -0.15) is 0 Å². The molecule has 0 atom stereocenters. The molecular formula is C10H10O4. The predicted octanol–water partition coefficient (Wildman–Crippen LogP) is 1.55. The molecule has 0 aromatic heterocycles. The summed E-state index contributed by atoms with van der Waals surface area (Å²) in [6.07, 6.45) is 2.10. The Hall–Kier alpha value is -1.84. The van der Waals surface area contributed by atoms with Gasteiger partial charge in [0.15, 0.2) is 11.5 Å². The lowest BCUT2D eigenvalue weighted by molar-refractivity contribution is 0.171. The van der Waals surface area contributed by atoms with Crippen LogP contribution in [0.25, 0.3) is 0 Å². The molecule has 0 fully saturated rings. The molecule has 4 nitrogen and oxygen atoms in total. The van der Waals surface area contributed by atoms with Crippen LogP contribution >= 0.6 is 0 Å². The molecule has 0 aliphatic carbocycles. The van der Waals surface area contributed by atoms with Gasteiger partial charge >= 0.3 is 0 Å². The summed E-state index contributed by atoms with van der Waals surface area (Å²) in [6.45, 7) is 3.62. The topological polar surface area (TPSA) is 58.9 Å². The molecule has 0 saturated carbocycles. The van der Waals surface area contributed by atoms with Gasteiger partial charge in [0.2, 0.25) is 18.3 Å². The van der Waals surface area contributed by atoms with Crippen molar-refractivity contribution in [3.63, 3.8) is 0 Å². The van der Waals surface area contributed by atoms with Crippen molar-refractivity contribution in [3.8, 4) is 23.0 Å². The van der Waals surface area contributed by atoms with Crippen molar-refractivity contribution >= 4 is 0 Å². The van der Waals surface area contributed by atoms with Crippen molar-refractivity contribution in [1.29, 1.82) is 0 Å². The molecule has 2 rings (SSSR count). The maximum atomic E-state index is 9.56. The van der Waals surface area contributed by atoms with Gasteiger partial charge in [-0.25, -0.2) is 0 Å². The standard InChI is InChI=1S/C10H10O4/c1-2-3-6-4-7-10(14-5-13-7)9(12)8(6)11/h2,4,11-12H,1,3,5H2. The van der Waals surface area contributed by atoms with Crippen molar-refractivity contribution in [3.05, 3.63) is 24.3 Å². The third-order valence-electron chi connectivity index (χ3n) is 2.05. The summed E-state index contributed by atoms with van der Waals surface area (Å²) in [7, 11) is 0. The van der Waals surface area contributed by atoms with Gasteiger partial charge in [-0.15, -0.1) is 6.58 Å². The minimum absolute atomic E-state index is 0.0693. The predicted molar refractivity (Wildman–Crippen MR) is 49.8 cm³/mol. The molecule has 1 aromatic carbocycles. The Bertz CT molecular complexity index is 384. The van der Waals surface area contributed by atoms with Crippen LogP contribution in [0.5, 0.6) is 23.0 Å². The summed E-state index contributed by atoms with van der Waals surface area (Å²) < 4.78 is 10.1. The fraction of sp³-hybridized carbons (Fsp3) is 0.200. The lowest BCUT2D eigenvalue weighted by Crippen LogP contribution is -1.93. The Morgan fingerprint density at radius 2 is 2.14 bits per heavy atom. The monoisotopic (exact) mass is 194 g/mol. The van der Waals surface area contributed by atoms with Gasteiger partial charge in [-0.3, -0.25) is 0 Å². The van der Waals surface area contributed by atoms with Gasteiger partial charge in [-0.1, -0.05) is 6.08 Å². The molecule has 2 N–H and O–H groups in total. The maximum absolute atomic E-state index is 9.56. The Labute approximate surface area is 81.0 Å². The highest BCUT2D eigenvalue weighted by Gasteiger charge is 2.23. The minimum atomic E-state index is -0.267. The van der Waals surface area contributed by atoms with Crippen molar-refractivity contribution in [2.45, 2.75) is 6.42 Å². The highest BCUT2D eigenvalue weighted by atomic mass is 16.7. The summed E-state index contributed by atoms with van der Waals surface area (Å²) in [5.74, 6) is 0.221. The Balaban J connectivity index is 2.54. The summed E-state index contributed by atoms with van der Waals surface area (Å²) in [4.78, 5) is 0. The van der Waals surface area contributed by atoms with Crippen molar-refractivity contribution < 1.29 is 19.7 Å². The first kappa shape index (κ1) is 8.74. The zero-order chi connectivity index (χ0) is 10.1. The zero-order valence-electron chi connectivity index (χ0n) is 7.49. The third kappa shape index (κ3) is 1.16. The van der Waals surface area contributed by atoms with Crippen molar-refractivity contribution in [2.24, 2.45) is 0 Å². The van der Waals surface area contributed by atoms with E-state index < -0.39 is 0 Å². The van der Waals surface area contributed by atoms with Crippen molar-refractivity contribution in [2.75, 3.05) is 6.79 Å². The molecule has 1 aliphatic heterocycles. The lowest BCUT2D eigenvalue weighted by Gasteiger charge is -2.06. The highest BCUT2D eigenvalue weighted by molar-refractivity contribution is 5.62. The summed E-state index contributed by atoms with van der Waals surface area (Å²) in [5, 5.41) is 19.1. The van der Waals surface area contributed by atoms with Gasteiger partial charge < -0.3 is 19.7 Å². The van der Waals surface area contributed by atoms with Crippen LogP contribution in [0.2, 0.25) is 0 Å². The number of ether oxygens (including phenoxy) is 2. The first-order valence-corrected chi connectivity index (χ1v) is 4.18. The molecule has 0 radical (unpaired) electrons. The number of aromatic hydroxyl groups is 2. The second kappa shape index (κ2) is 3.14. The van der Waals surface area contributed by atoms with E-state index in [0.29, 0.717) is 17.7 Å². The number of phenols is 2. The van der Waals surface area contributed by atoms with Crippen LogP contribution in [-0.4, -0.2) is 17.0 Å². The second-order valence-electron chi connectivity index (χ2n) is 2.96. The molecule has 1 aromatic rings. The highest BCUT2D eigenvalue weighted by Crippen LogP contribution is 2.47. The van der Waals surface area contributed by atoms with Gasteiger partial charge in [0, 0.05) is 5.56 Å². The van der Waals surface area contributed by atoms with E-state index in [4.69, 9.17) is 9.47 Å². The van der Waals surface area contributed by atoms with Crippen molar-refractivity contribution in [1.82, 2.24) is 0 Å². The number of allylic oxidation sites excluding steroid dienone is 1. The van der Waals surface area contributed by atoms with Crippen LogP contribution in [0.15, 0.2) is 18.7 Å². The minimum Gasteiger partial charge on any atom is -0.504 e. The molecule has 0 unspecified atom stereocenters. The van der Waals surface area contributed by atoms with E-state index in [1.807, 2.05) is 0 Å². The normalized spacial score (nSPS) is 12.9. The Morgan fingerprint density at radius 3 is 2.86 bits per heavy atom. The lowest BCUT2D eigenvalue weighted by atomic mass is 10.1. The SMILES string of the molecule is C=CCc1cc2c(c(O)c1O)OCO2. The van der Waals surface area contributed by atoms with Crippen LogP contribution in [0.4, 0.5) is 0 Å². The van der Waals surface area contributed by atoms with E-state index in [0.717, 1.165) is 0 Å². The quantitative estimate of drug-likeness (QED) is 0.554. The summed E-state index contributed by atoms with van der Waals surface area (Å²) >= 11 is 0. The smallest absolute Gasteiger partial charge is 0.231 e. The largest absolute Gasteiger partial charge is 0.504 e. The first-order valence-electron chi connectivity index (χ1n) is 4.18. The van der Waals surface area contributed by atoms with E-state index in [-0.39, 0.29) is 24.0 Å². The molecular weight excluding hydrogens is 184 g/mol. The number of rotatable bonds is 2. The molecule has 14 heavy (non-hydrogen) atoms. The van der Waals surface area contributed by atoms with Crippen LogP contribution in [0, 0.1) is 0 Å². The average molecular weight is 194 g/mol. The maximum Gasteiger partial charge on any atom is 0.231 e. The Morgan fingerprint density at radius 1 is 1.36 bits per heavy atom. The van der Waals surface area contributed by atoms with Gasteiger partial charge in [0.25, 0.3) is 0 Å². The van der Waals surface area contributed by atoms with Gasteiger partial charge in [0.1, 0.15) is 0 Å². The van der Waals surface area contributed by atoms with Crippen LogP contribution in [0.1, 0.15) is 5.56 Å². The van der Waals surface area contributed by atoms with Gasteiger partial charge in [-0.05, 0) is 12.5 Å². The van der Waals surface area contributed by atoms with E-state index in [1.165, 1.54) is 0 Å². The number of hydrogen-bond acceptors (Lipinski definition) is 4. The van der Waals surface area contributed by atoms with Gasteiger partial charge in [0.05, 0.1) is 0 Å². The molecule has 74 valence electrons. The first-order chi connectivity index (χ1) is 6.74. The Kier molecular flexibility index (Phi) is 1.96. The molecule has 0 spiro atoms. The van der Waals surface area contributed by atoms with Crippen LogP contribution < -0.4 is 9.47 Å². The summed E-state index contributed by atoms with van der Waals surface area (Å²) in [5.41, 5.74) is 0.571. The zero-order valence-corrected chi connectivity index (χ0v) is 7.49. The second-order valence-corrected chi connectivity index (χ2v) is 2.96. The molecule has 0 bridgehead atoms. The number of hydrogen-bond donors (Lipinski definition) is 2. The number of benzene rings is 1. The number of phenolic OH excluding ortho intramolecular Hbond substituents is 2. The van der Waals surface area contributed by atoms with E-state index in [1.54, 1.807) is 12.1 Å². The van der Waals surface area contributed by atoms with E-state index in [2.05, 4.69) is 6.58 Å². The average Bonchev–Trinajstić information content (AvgIpc) is 2.62. The molecule has 1 aliphatic rings. The van der Waals surface area contributed by atoms with Crippen LogP contribution in [0.3, 0.4) is 0 Å². The van der Waals surface area contributed by atoms with E-state index >= 15 is 0 Å². The molecule has 0 saturated heterocycles. The molecule has 0 amide bonds. The fourth-order valence-electron chi connectivity index (χ4n) is 1.38. The van der Waals surface area contributed by atoms with E-state index in [9.17, 15) is 10.2 Å². The number of fused-ring (bicyclic) bond motifs is 1. The van der Waals surface area contributed by atoms with Crippen LogP contribution in [-0.2, 0) is 6.42 Å².